The van der Waals surface area contributed by atoms with Gasteiger partial charge in [0.1, 0.15) is 12.4 Å². The van der Waals surface area contributed by atoms with Gasteiger partial charge in [-0.05, 0) is 29.7 Å². The van der Waals surface area contributed by atoms with Crippen molar-refractivity contribution in [3.63, 3.8) is 0 Å². The lowest BCUT2D eigenvalue weighted by atomic mass is 10.1. The molecule has 3 heteroatoms. The van der Waals surface area contributed by atoms with Crippen molar-refractivity contribution in [2.24, 2.45) is 0 Å². The molecule has 2 aromatic carbocycles. The van der Waals surface area contributed by atoms with Crippen molar-refractivity contribution in [2.75, 3.05) is 26.2 Å². The van der Waals surface area contributed by atoms with Crippen LogP contribution in [-0.2, 0) is 13.2 Å². The average Bonchev–Trinajstić information content (AvgIpc) is 2.57. The Labute approximate surface area is 132 Å². The summed E-state index contributed by atoms with van der Waals surface area (Å²) in [5, 5.41) is 3.39. The fourth-order valence-electron chi connectivity index (χ4n) is 2.76. The van der Waals surface area contributed by atoms with Crippen LogP contribution in [0.3, 0.4) is 0 Å². The molecule has 116 valence electrons. The van der Waals surface area contributed by atoms with Crippen LogP contribution in [0.1, 0.15) is 16.7 Å². The minimum Gasteiger partial charge on any atom is -0.489 e. The topological polar surface area (TPSA) is 24.5 Å². The second-order valence-corrected chi connectivity index (χ2v) is 5.90. The molecule has 2 aromatic rings. The zero-order chi connectivity index (χ0) is 15.2. The number of benzene rings is 2. The quantitative estimate of drug-likeness (QED) is 0.918. The number of nitrogens with one attached hydrogen (secondary N) is 1. The minimum absolute atomic E-state index is 0.624. The van der Waals surface area contributed by atoms with Gasteiger partial charge < -0.3 is 10.1 Å². The molecule has 1 aliphatic rings. The fraction of sp³-hybridized carbons (Fsp3) is 0.368. The Kier molecular flexibility index (Phi) is 5.09. The summed E-state index contributed by atoms with van der Waals surface area (Å²) in [6.45, 7) is 8.14. The van der Waals surface area contributed by atoms with E-state index in [9.17, 15) is 0 Å². The molecular formula is C19H24N2O. The highest BCUT2D eigenvalue weighted by atomic mass is 16.5. The molecule has 1 heterocycles. The van der Waals surface area contributed by atoms with Gasteiger partial charge >= 0.3 is 0 Å². The monoisotopic (exact) mass is 296 g/mol. The summed E-state index contributed by atoms with van der Waals surface area (Å²) in [5.41, 5.74) is 3.73. The molecule has 1 saturated heterocycles. The molecule has 0 spiro atoms. The van der Waals surface area contributed by atoms with Crippen molar-refractivity contribution in [1.82, 2.24) is 10.2 Å². The summed E-state index contributed by atoms with van der Waals surface area (Å²) in [6, 6.07) is 16.9. The predicted octanol–water partition coefficient (Wildman–Crippen LogP) is 2.98. The van der Waals surface area contributed by atoms with Gasteiger partial charge in [0.05, 0.1) is 0 Å². The van der Waals surface area contributed by atoms with Crippen LogP contribution in [0.2, 0.25) is 0 Å². The van der Waals surface area contributed by atoms with Crippen LogP contribution in [0.15, 0.2) is 48.5 Å². The second kappa shape index (κ2) is 7.43. The lowest BCUT2D eigenvalue weighted by Gasteiger charge is -2.27. The number of aryl methyl sites for hydroxylation is 1. The van der Waals surface area contributed by atoms with E-state index < -0.39 is 0 Å². The molecule has 0 unspecified atom stereocenters. The molecule has 3 rings (SSSR count). The first kappa shape index (κ1) is 15.1. The van der Waals surface area contributed by atoms with Gasteiger partial charge in [-0.25, -0.2) is 0 Å². The van der Waals surface area contributed by atoms with Crippen LogP contribution < -0.4 is 10.1 Å². The zero-order valence-electron chi connectivity index (χ0n) is 13.2. The van der Waals surface area contributed by atoms with Gasteiger partial charge in [0, 0.05) is 32.7 Å². The van der Waals surface area contributed by atoms with Crippen molar-refractivity contribution in [1.29, 1.82) is 0 Å². The Balaban J connectivity index is 1.64. The van der Waals surface area contributed by atoms with Crippen LogP contribution in [-0.4, -0.2) is 31.1 Å². The average molecular weight is 296 g/mol. The van der Waals surface area contributed by atoms with Crippen molar-refractivity contribution in [2.45, 2.75) is 20.1 Å². The summed E-state index contributed by atoms with van der Waals surface area (Å²) in [6.07, 6.45) is 0. The van der Waals surface area contributed by atoms with Gasteiger partial charge in [-0.15, -0.1) is 0 Å². The molecular weight excluding hydrogens is 272 g/mol. The molecule has 1 N–H and O–H groups in total. The van der Waals surface area contributed by atoms with E-state index in [1.165, 1.54) is 16.7 Å². The van der Waals surface area contributed by atoms with E-state index >= 15 is 0 Å². The maximum Gasteiger partial charge on any atom is 0.123 e. The Hall–Kier alpha value is -1.84. The number of hydrogen-bond donors (Lipinski definition) is 1. The van der Waals surface area contributed by atoms with Gasteiger partial charge in [-0.3, -0.25) is 4.90 Å². The van der Waals surface area contributed by atoms with Gasteiger partial charge in [0.2, 0.25) is 0 Å². The molecule has 0 radical (unpaired) electrons. The van der Waals surface area contributed by atoms with Gasteiger partial charge in [-0.1, -0.05) is 42.5 Å². The normalized spacial score (nSPS) is 15.7. The van der Waals surface area contributed by atoms with Crippen LogP contribution in [0.5, 0.6) is 5.75 Å². The smallest absolute Gasteiger partial charge is 0.123 e. The van der Waals surface area contributed by atoms with E-state index in [-0.39, 0.29) is 0 Å². The highest BCUT2D eigenvalue weighted by Gasteiger charge is 2.11. The van der Waals surface area contributed by atoms with Crippen molar-refractivity contribution >= 4 is 0 Å². The first-order valence-electron chi connectivity index (χ1n) is 8.00. The SMILES string of the molecule is Cc1ccc(CN2CCNCC2)cc1OCc1ccccc1. The number of piperazine rings is 1. The number of rotatable bonds is 5. The molecule has 1 fully saturated rings. The minimum atomic E-state index is 0.624. The summed E-state index contributed by atoms with van der Waals surface area (Å²) < 4.78 is 6.02. The van der Waals surface area contributed by atoms with E-state index in [1.54, 1.807) is 0 Å². The highest BCUT2D eigenvalue weighted by Crippen LogP contribution is 2.22. The molecule has 3 nitrogen and oxygen atoms in total. The molecule has 22 heavy (non-hydrogen) atoms. The third kappa shape index (κ3) is 4.09. The van der Waals surface area contributed by atoms with Crippen LogP contribution in [0, 0.1) is 6.92 Å². The lowest BCUT2D eigenvalue weighted by Crippen LogP contribution is -2.42. The third-order valence-corrected chi connectivity index (χ3v) is 4.11. The maximum atomic E-state index is 6.02. The van der Waals surface area contributed by atoms with Crippen LogP contribution >= 0.6 is 0 Å². The van der Waals surface area contributed by atoms with Gasteiger partial charge in [0.15, 0.2) is 0 Å². The highest BCUT2D eigenvalue weighted by molar-refractivity contribution is 5.37. The summed E-state index contributed by atoms with van der Waals surface area (Å²) >= 11 is 0. The Morgan fingerprint density at radius 1 is 1.00 bits per heavy atom. The number of ether oxygens (including phenoxy) is 1. The molecule has 0 bridgehead atoms. The van der Waals surface area contributed by atoms with Crippen molar-refractivity contribution in [3.05, 3.63) is 65.2 Å². The molecule has 0 atom stereocenters. The van der Waals surface area contributed by atoms with Crippen molar-refractivity contribution < 1.29 is 4.74 Å². The first-order chi connectivity index (χ1) is 10.8. The zero-order valence-corrected chi connectivity index (χ0v) is 13.2. The van der Waals surface area contributed by atoms with Crippen LogP contribution in [0.4, 0.5) is 0 Å². The number of nitrogens with zero attached hydrogens (tertiary/aromatic N) is 1. The molecule has 1 aliphatic heterocycles. The molecule has 0 saturated carbocycles. The fourth-order valence-corrected chi connectivity index (χ4v) is 2.76. The standard InChI is InChI=1S/C19H24N2O/c1-16-7-8-18(14-21-11-9-20-10-12-21)13-19(16)22-15-17-5-3-2-4-6-17/h2-8,13,20H,9-12,14-15H2,1H3. The predicted molar refractivity (Wildman–Crippen MR) is 90.1 cm³/mol. The lowest BCUT2D eigenvalue weighted by molar-refractivity contribution is 0.232. The number of hydrogen-bond acceptors (Lipinski definition) is 3. The summed E-state index contributed by atoms with van der Waals surface area (Å²) in [7, 11) is 0. The second-order valence-electron chi connectivity index (χ2n) is 5.90. The summed E-state index contributed by atoms with van der Waals surface area (Å²) in [5.74, 6) is 0.997. The van der Waals surface area contributed by atoms with Gasteiger partial charge in [-0.2, -0.15) is 0 Å². The van der Waals surface area contributed by atoms with Crippen LogP contribution in [0.25, 0.3) is 0 Å². The van der Waals surface area contributed by atoms with E-state index in [1.807, 2.05) is 18.2 Å². The van der Waals surface area contributed by atoms with E-state index in [0.29, 0.717) is 6.61 Å². The molecule has 0 aliphatic carbocycles. The maximum absolute atomic E-state index is 6.02. The Morgan fingerprint density at radius 3 is 2.55 bits per heavy atom. The van der Waals surface area contributed by atoms with E-state index in [2.05, 4.69) is 47.5 Å². The van der Waals surface area contributed by atoms with E-state index in [0.717, 1.165) is 38.5 Å². The summed E-state index contributed by atoms with van der Waals surface area (Å²) in [4.78, 5) is 2.49. The largest absolute Gasteiger partial charge is 0.489 e. The molecule has 0 aromatic heterocycles. The third-order valence-electron chi connectivity index (χ3n) is 4.11. The molecule has 0 amide bonds. The van der Waals surface area contributed by atoms with Crippen molar-refractivity contribution in [3.8, 4) is 5.75 Å². The first-order valence-corrected chi connectivity index (χ1v) is 8.00. The Morgan fingerprint density at radius 2 is 1.77 bits per heavy atom. The Bertz CT molecular complexity index is 592. The van der Waals surface area contributed by atoms with Gasteiger partial charge in [0.25, 0.3) is 0 Å². The van der Waals surface area contributed by atoms with E-state index in [4.69, 9.17) is 4.74 Å².